The maximum atomic E-state index is 13.1. The molecule has 1 saturated heterocycles. The molecule has 9 heteroatoms. The lowest BCUT2D eigenvalue weighted by Gasteiger charge is -2.36. The number of sulfonamides is 1. The quantitative estimate of drug-likeness (QED) is 0.718. The van der Waals surface area contributed by atoms with Crippen molar-refractivity contribution in [2.75, 3.05) is 33.3 Å². The average Bonchev–Trinajstić information content (AvgIpc) is 2.77. The zero-order chi connectivity index (χ0) is 21.7. The minimum Gasteiger partial charge on any atom is -0.497 e. The molecular formula is C21H26FN3O4S. The number of halogens is 1. The molecule has 0 bridgehead atoms. The molecule has 1 aliphatic heterocycles. The van der Waals surface area contributed by atoms with Gasteiger partial charge in [0.15, 0.2) is 0 Å². The molecule has 0 radical (unpaired) electrons. The van der Waals surface area contributed by atoms with Crippen LogP contribution in [0.15, 0.2) is 53.4 Å². The fraction of sp³-hybridized carbons (Fsp3) is 0.381. The van der Waals surface area contributed by atoms with Crippen molar-refractivity contribution in [2.45, 2.75) is 24.4 Å². The molecule has 162 valence electrons. The molecular weight excluding hydrogens is 409 g/mol. The number of benzene rings is 2. The van der Waals surface area contributed by atoms with E-state index < -0.39 is 15.8 Å². The summed E-state index contributed by atoms with van der Waals surface area (Å²) in [6, 6.07) is 11.9. The van der Waals surface area contributed by atoms with Gasteiger partial charge in [0, 0.05) is 32.7 Å². The molecule has 1 heterocycles. The van der Waals surface area contributed by atoms with Crippen LogP contribution in [0.1, 0.15) is 12.5 Å². The van der Waals surface area contributed by atoms with E-state index in [1.807, 2.05) is 36.1 Å². The number of rotatable bonds is 7. The van der Waals surface area contributed by atoms with E-state index in [1.54, 1.807) is 7.11 Å². The van der Waals surface area contributed by atoms with Crippen LogP contribution in [0.25, 0.3) is 0 Å². The van der Waals surface area contributed by atoms with Crippen LogP contribution in [0.2, 0.25) is 0 Å². The summed E-state index contributed by atoms with van der Waals surface area (Å²) >= 11 is 0. The Bertz CT molecular complexity index is 957. The molecule has 2 aromatic carbocycles. The first-order valence-electron chi connectivity index (χ1n) is 9.71. The van der Waals surface area contributed by atoms with E-state index in [0.717, 1.165) is 23.4 Å². The highest BCUT2D eigenvalue weighted by atomic mass is 32.2. The van der Waals surface area contributed by atoms with Crippen molar-refractivity contribution >= 4 is 15.9 Å². The van der Waals surface area contributed by atoms with E-state index in [1.165, 1.54) is 16.4 Å². The smallest absolute Gasteiger partial charge is 0.243 e. The molecule has 2 aromatic rings. The molecule has 0 saturated carbocycles. The lowest BCUT2D eigenvalue weighted by Crippen LogP contribution is -2.54. The van der Waals surface area contributed by atoms with Gasteiger partial charge in [-0.05, 0) is 48.9 Å². The highest BCUT2D eigenvalue weighted by molar-refractivity contribution is 7.89. The van der Waals surface area contributed by atoms with Gasteiger partial charge in [-0.3, -0.25) is 9.69 Å². The summed E-state index contributed by atoms with van der Waals surface area (Å²) < 4.78 is 45.0. The van der Waals surface area contributed by atoms with E-state index >= 15 is 0 Å². The molecule has 30 heavy (non-hydrogen) atoms. The van der Waals surface area contributed by atoms with Gasteiger partial charge in [0.1, 0.15) is 11.6 Å². The number of carbonyl (C=O) groups is 1. The molecule has 0 spiro atoms. The third-order valence-corrected chi connectivity index (χ3v) is 7.19. The number of amides is 1. The van der Waals surface area contributed by atoms with Gasteiger partial charge in [0.2, 0.25) is 15.9 Å². The Morgan fingerprint density at radius 3 is 2.23 bits per heavy atom. The fourth-order valence-electron chi connectivity index (χ4n) is 3.33. The highest BCUT2D eigenvalue weighted by Gasteiger charge is 2.31. The molecule has 1 N–H and O–H groups in total. The number of nitrogens with zero attached hydrogens (tertiary/aromatic N) is 2. The molecule has 1 fully saturated rings. The molecule has 0 aliphatic carbocycles. The fourth-order valence-corrected chi connectivity index (χ4v) is 4.76. The number of carbonyl (C=O) groups excluding carboxylic acids is 1. The van der Waals surface area contributed by atoms with Crippen molar-refractivity contribution < 1.29 is 22.3 Å². The average molecular weight is 436 g/mol. The Morgan fingerprint density at radius 2 is 1.67 bits per heavy atom. The van der Waals surface area contributed by atoms with Gasteiger partial charge in [-0.25, -0.2) is 12.8 Å². The van der Waals surface area contributed by atoms with Crippen molar-refractivity contribution in [2.24, 2.45) is 0 Å². The number of hydrogen-bond donors (Lipinski definition) is 1. The Labute approximate surface area is 176 Å². The highest BCUT2D eigenvalue weighted by Crippen LogP contribution is 2.19. The van der Waals surface area contributed by atoms with Gasteiger partial charge >= 0.3 is 0 Å². The van der Waals surface area contributed by atoms with Crippen LogP contribution in [-0.4, -0.2) is 62.9 Å². The predicted octanol–water partition coefficient (Wildman–Crippen LogP) is 1.85. The van der Waals surface area contributed by atoms with Crippen molar-refractivity contribution in [1.82, 2.24) is 14.5 Å². The molecule has 0 aromatic heterocycles. The summed E-state index contributed by atoms with van der Waals surface area (Å²) in [5, 5.41) is 2.92. The third-order valence-electron chi connectivity index (χ3n) is 5.28. The van der Waals surface area contributed by atoms with Crippen molar-refractivity contribution in [1.29, 1.82) is 0 Å². The van der Waals surface area contributed by atoms with Crippen LogP contribution in [0, 0.1) is 5.82 Å². The number of ether oxygens (including phenoxy) is 1. The molecule has 1 amide bonds. The van der Waals surface area contributed by atoms with Crippen LogP contribution >= 0.6 is 0 Å². The van der Waals surface area contributed by atoms with Crippen molar-refractivity contribution in [3.05, 3.63) is 59.9 Å². The first-order valence-corrected chi connectivity index (χ1v) is 11.2. The second kappa shape index (κ2) is 9.55. The van der Waals surface area contributed by atoms with Crippen LogP contribution < -0.4 is 10.1 Å². The number of piperazine rings is 1. The summed E-state index contributed by atoms with van der Waals surface area (Å²) in [7, 11) is -2.07. The van der Waals surface area contributed by atoms with Crippen molar-refractivity contribution in [3.8, 4) is 5.75 Å². The lowest BCUT2D eigenvalue weighted by molar-refractivity contribution is -0.126. The number of methoxy groups -OCH3 is 1. The largest absolute Gasteiger partial charge is 0.497 e. The molecule has 1 atom stereocenters. The van der Waals surface area contributed by atoms with Gasteiger partial charge in [0.05, 0.1) is 18.0 Å². The predicted molar refractivity (Wildman–Crippen MR) is 111 cm³/mol. The first-order chi connectivity index (χ1) is 14.3. The maximum Gasteiger partial charge on any atom is 0.243 e. The second-order valence-corrected chi connectivity index (χ2v) is 9.07. The van der Waals surface area contributed by atoms with E-state index in [2.05, 4.69) is 5.32 Å². The second-order valence-electron chi connectivity index (χ2n) is 7.14. The summed E-state index contributed by atoms with van der Waals surface area (Å²) in [5.74, 6) is 0.167. The van der Waals surface area contributed by atoms with E-state index in [9.17, 15) is 17.6 Å². The minimum absolute atomic E-state index is 0.0719. The standard InChI is InChI=1S/C21H26FN3O4S/c1-16(21(26)23-15-17-3-7-19(29-2)8-4-17)24-11-13-25(14-12-24)30(27,28)20-9-5-18(22)6-10-20/h3-10,16H,11-15H2,1-2H3,(H,23,26)/t16-/m0/s1. The van der Waals surface area contributed by atoms with Gasteiger partial charge in [-0.15, -0.1) is 0 Å². The first kappa shape index (κ1) is 22.2. The molecule has 3 rings (SSSR count). The van der Waals surface area contributed by atoms with Crippen molar-refractivity contribution in [3.63, 3.8) is 0 Å². The Hall–Kier alpha value is -2.49. The lowest BCUT2D eigenvalue weighted by atomic mass is 10.2. The SMILES string of the molecule is COc1ccc(CNC(=O)[C@H](C)N2CCN(S(=O)(=O)c3ccc(F)cc3)CC2)cc1. The Balaban J connectivity index is 1.52. The minimum atomic E-state index is -3.67. The number of nitrogens with one attached hydrogen (secondary N) is 1. The Morgan fingerprint density at radius 1 is 1.07 bits per heavy atom. The molecule has 0 unspecified atom stereocenters. The zero-order valence-corrected chi connectivity index (χ0v) is 17.9. The normalized spacial score (nSPS) is 16.8. The summed E-state index contributed by atoms with van der Waals surface area (Å²) in [6.07, 6.45) is 0. The van der Waals surface area contributed by atoms with Crippen LogP contribution in [0.4, 0.5) is 4.39 Å². The van der Waals surface area contributed by atoms with Crippen LogP contribution in [0.3, 0.4) is 0 Å². The van der Waals surface area contributed by atoms with Crippen LogP contribution in [-0.2, 0) is 21.4 Å². The number of hydrogen-bond acceptors (Lipinski definition) is 5. The summed E-state index contributed by atoms with van der Waals surface area (Å²) in [5.41, 5.74) is 0.964. The van der Waals surface area contributed by atoms with Gasteiger partial charge in [0.25, 0.3) is 0 Å². The van der Waals surface area contributed by atoms with E-state index in [0.29, 0.717) is 19.6 Å². The van der Waals surface area contributed by atoms with Gasteiger partial charge in [-0.1, -0.05) is 12.1 Å². The monoisotopic (exact) mass is 435 g/mol. The van der Waals surface area contributed by atoms with Gasteiger partial charge < -0.3 is 10.1 Å². The van der Waals surface area contributed by atoms with Crippen LogP contribution in [0.5, 0.6) is 5.75 Å². The maximum absolute atomic E-state index is 13.1. The zero-order valence-electron chi connectivity index (χ0n) is 17.0. The summed E-state index contributed by atoms with van der Waals surface area (Å²) in [6.45, 7) is 3.65. The summed E-state index contributed by atoms with van der Waals surface area (Å²) in [4.78, 5) is 14.6. The van der Waals surface area contributed by atoms with E-state index in [4.69, 9.17) is 4.74 Å². The Kier molecular flexibility index (Phi) is 7.06. The van der Waals surface area contributed by atoms with E-state index in [-0.39, 0.29) is 29.9 Å². The molecule has 1 aliphatic rings. The third kappa shape index (κ3) is 5.16. The molecule has 7 nitrogen and oxygen atoms in total. The topological polar surface area (TPSA) is 79.0 Å². The van der Waals surface area contributed by atoms with Gasteiger partial charge in [-0.2, -0.15) is 4.31 Å².